The first-order valence-corrected chi connectivity index (χ1v) is 8.09. The van der Waals surface area contributed by atoms with Gasteiger partial charge in [0.2, 0.25) is 0 Å². The number of nitrogens with one attached hydrogen (secondary N) is 1. The summed E-state index contributed by atoms with van der Waals surface area (Å²) < 4.78 is 17.9. The first kappa shape index (κ1) is 16.3. The molecular formula is C16H22FNO2S. The Labute approximate surface area is 129 Å². The lowest BCUT2D eigenvalue weighted by atomic mass is 9.96. The van der Waals surface area contributed by atoms with E-state index in [2.05, 4.69) is 12.2 Å². The van der Waals surface area contributed by atoms with Gasteiger partial charge >= 0.3 is 5.97 Å². The van der Waals surface area contributed by atoms with E-state index in [1.807, 2.05) is 6.92 Å². The van der Waals surface area contributed by atoms with Gasteiger partial charge in [-0.05, 0) is 50.5 Å². The first-order valence-electron chi connectivity index (χ1n) is 7.21. The van der Waals surface area contributed by atoms with Crippen molar-refractivity contribution in [1.29, 1.82) is 0 Å². The first-order chi connectivity index (χ1) is 9.93. The third kappa shape index (κ3) is 4.71. The fourth-order valence-corrected chi connectivity index (χ4v) is 3.64. The highest BCUT2D eigenvalue weighted by Gasteiger charge is 2.40. The molecule has 0 aliphatic heterocycles. The molecule has 5 heteroatoms. The zero-order chi connectivity index (χ0) is 15.5. The van der Waals surface area contributed by atoms with Crippen molar-refractivity contribution in [2.24, 2.45) is 0 Å². The van der Waals surface area contributed by atoms with Gasteiger partial charge < -0.3 is 4.74 Å². The van der Waals surface area contributed by atoms with E-state index in [9.17, 15) is 9.18 Å². The quantitative estimate of drug-likeness (QED) is 0.619. The van der Waals surface area contributed by atoms with Crippen LogP contribution in [-0.2, 0) is 9.53 Å². The van der Waals surface area contributed by atoms with Crippen LogP contribution in [0.15, 0.2) is 29.2 Å². The van der Waals surface area contributed by atoms with E-state index in [1.165, 1.54) is 19.2 Å². The summed E-state index contributed by atoms with van der Waals surface area (Å²) in [5.41, 5.74) is -0.664. The van der Waals surface area contributed by atoms with Gasteiger partial charge in [0.1, 0.15) is 11.4 Å². The van der Waals surface area contributed by atoms with Crippen LogP contribution in [0.1, 0.15) is 33.1 Å². The van der Waals surface area contributed by atoms with Crippen molar-refractivity contribution in [2.45, 2.75) is 54.8 Å². The van der Waals surface area contributed by atoms with Crippen LogP contribution in [0.2, 0.25) is 0 Å². The molecule has 1 aromatic rings. The van der Waals surface area contributed by atoms with E-state index in [0.29, 0.717) is 12.5 Å². The van der Waals surface area contributed by atoms with Crippen LogP contribution in [0.25, 0.3) is 0 Å². The minimum Gasteiger partial charge on any atom is -0.468 e. The van der Waals surface area contributed by atoms with Gasteiger partial charge in [0.25, 0.3) is 0 Å². The zero-order valence-corrected chi connectivity index (χ0v) is 13.5. The van der Waals surface area contributed by atoms with Crippen LogP contribution in [-0.4, -0.2) is 29.9 Å². The van der Waals surface area contributed by atoms with Crippen molar-refractivity contribution in [3.63, 3.8) is 0 Å². The summed E-state index contributed by atoms with van der Waals surface area (Å²) in [7, 11) is 1.42. The molecule has 0 aromatic heterocycles. The number of hydrogen-bond donors (Lipinski definition) is 1. The van der Waals surface area contributed by atoms with Crippen molar-refractivity contribution in [2.75, 3.05) is 7.11 Å². The van der Waals surface area contributed by atoms with Crippen LogP contribution in [0.5, 0.6) is 0 Å². The molecule has 1 saturated carbocycles. The molecule has 0 bridgehead atoms. The van der Waals surface area contributed by atoms with Gasteiger partial charge in [-0.3, -0.25) is 10.1 Å². The van der Waals surface area contributed by atoms with Gasteiger partial charge in [0, 0.05) is 16.2 Å². The van der Waals surface area contributed by atoms with Crippen molar-refractivity contribution < 1.29 is 13.9 Å². The Bertz CT molecular complexity index is 490. The van der Waals surface area contributed by atoms with E-state index in [0.717, 1.165) is 17.7 Å². The van der Waals surface area contributed by atoms with Crippen LogP contribution in [0.4, 0.5) is 4.39 Å². The number of carbonyl (C=O) groups excluding carboxylic acids is 1. The number of hydrogen-bond acceptors (Lipinski definition) is 4. The van der Waals surface area contributed by atoms with Gasteiger partial charge in [-0.2, -0.15) is 0 Å². The average Bonchev–Trinajstić information content (AvgIpc) is 3.23. The molecule has 0 heterocycles. The van der Waals surface area contributed by atoms with E-state index in [-0.39, 0.29) is 17.0 Å². The second-order valence-electron chi connectivity index (χ2n) is 5.83. The van der Waals surface area contributed by atoms with Gasteiger partial charge in [0.05, 0.1) is 7.11 Å². The summed E-state index contributed by atoms with van der Waals surface area (Å²) >= 11 is 1.64. The summed E-state index contributed by atoms with van der Waals surface area (Å²) in [5.74, 6) is -0.456. The molecule has 1 aliphatic carbocycles. The smallest absolute Gasteiger partial charge is 0.325 e. The maximum atomic E-state index is 12.9. The Hall–Kier alpha value is -1.07. The summed E-state index contributed by atoms with van der Waals surface area (Å²) in [4.78, 5) is 13.1. The number of benzene rings is 1. The molecule has 1 aliphatic rings. The molecule has 3 nitrogen and oxygen atoms in total. The number of rotatable bonds is 7. The van der Waals surface area contributed by atoms with Gasteiger partial charge in [-0.25, -0.2) is 4.39 Å². The molecule has 1 aromatic carbocycles. The van der Waals surface area contributed by atoms with Crippen molar-refractivity contribution >= 4 is 17.7 Å². The highest BCUT2D eigenvalue weighted by atomic mass is 32.2. The Balaban J connectivity index is 1.98. The Morgan fingerprint density at radius 2 is 2.10 bits per heavy atom. The zero-order valence-electron chi connectivity index (χ0n) is 12.7. The lowest BCUT2D eigenvalue weighted by Gasteiger charge is -2.30. The third-order valence-electron chi connectivity index (χ3n) is 3.58. The Kier molecular flexibility index (Phi) is 5.27. The highest BCUT2D eigenvalue weighted by molar-refractivity contribution is 7.99. The minimum atomic E-state index is -0.664. The molecule has 0 amide bonds. The van der Waals surface area contributed by atoms with E-state index in [1.54, 1.807) is 23.9 Å². The van der Waals surface area contributed by atoms with E-state index in [4.69, 9.17) is 4.74 Å². The Morgan fingerprint density at radius 3 is 2.62 bits per heavy atom. The molecule has 116 valence electrons. The Morgan fingerprint density at radius 1 is 1.48 bits per heavy atom. The van der Waals surface area contributed by atoms with Crippen molar-refractivity contribution in [3.8, 4) is 0 Å². The average molecular weight is 311 g/mol. The topological polar surface area (TPSA) is 38.3 Å². The summed E-state index contributed by atoms with van der Waals surface area (Å²) in [6, 6.07) is 6.87. The van der Waals surface area contributed by atoms with Gasteiger partial charge in [-0.15, -0.1) is 11.8 Å². The van der Waals surface area contributed by atoms with Crippen LogP contribution in [0, 0.1) is 5.82 Å². The molecule has 0 spiro atoms. The SMILES string of the molecule is COC(=O)C(C)(CC(C)Sc1ccc(F)cc1)NC1CC1. The summed E-state index contributed by atoms with van der Waals surface area (Å²) in [6.45, 7) is 3.97. The standard InChI is InChI=1S/C16H22FNO2S/c1-11(21-14-8-4-12(17)5-9-14)10-16(2,15(19)20-3)18-13-6-7-13/h4-5,8-9,11,13,18H,6-7,10H2,1-3H3. The summed E-state index contributed by atoms with van der Waals surface area (Å²) in [5, 5.41) is 3.61. The number of esters is 1. The van der Waals surface area contributed by atoms with Gasteiger partial charge in [0.15, 0.2) is 0 Å². The number of ether oxygens (including phenoxy) is 1. The second-order valence-corrected chi connectivity index (χ2v) is 7.34. The fraction of sp³-hybridized carbons (Fsp3) is 0.562. The van der Waals surface area contributed by atoms with Crippen LogP contribution < -0.4 is 5.32 Å². The lowest BCUT2D eigenvalue weighted by molar-refractivity contribution is -0.148. The van der Waals surface area contributed by atoms with E-state index < -0.39 is 5.54 Å². The second kappa shape index (κ2) is 6.79. The number of methoxy groups -OCH3 is 1. The predicted octanol–water partition coefficient (Wildman–Crippen LogP) is 3.38. The molecule has 0 saturated heterocycles. The van der Waals surface area contributed by atoms with E-state index >= 15 is 0 Å². The molecule has 2 atom stereocenters. The highest BCUT2D eigenvalue weighted by Crippen LogP contribution is 2.31. The molecule has 21 heavy (non-hydrogen) atoms. The van der Waals surface area contributed by atoms with Gasteiger partial charge in [-0.1, -0.05) is 6.92 Å². The molecule has 1 fully saturated rings. The maximum Gasteiger partial charge on any atom is 0.325 e. The molecule has 1 N–H and O–H groups in total. The van der Waals surface area contributed by atoms with Crippen molar-refractivity contribution in [1.82, 2.24) is 5.32 Å². The normalized spacial score (nSPS) is 18.9. The monoisotopic (exact) mass is 311 g/mol. The molecular weight excluding hydrogens is 289 g/mol. The number of thioether (sulfide) groups is 1. The molecule has 2 rings (SSSR count). The predicted molar refractivity (Wildman–Crippen MR) is 82.9 cm³/mol. The molecule has 2 unspecified atom stereocenters. The fourth-order valence-electron chi connectivity index (χ4n) is 2.47. The van der Waals surface area contributed by atoms with Crippen molar-refractivity contribution in [3.05, 3.63) is 30.1 Å². The maximum absolute atomic E-state index is 12.9. The van der Waals surface area contributed by atoms with Crippen LogP contribution >= 0.6 is 11.8 Å². The number of carbonyl (C=O) groups is 1. The minimum absolute atomic E-state index is 0.214. The lowest BCUT2D eigenvalue weighted by Crippen LogP contribution is -2.52. The summed E-state index contributed by atoms with van der Waals surface area (Å²) in [6.07, 6.45) is 2.90. The number of halogens is 1. The largest absolute Gasteiger partial charge is 0.468 e. The molecule has 0 radical (unpaired) electrons. The van der Waals surface area contributed by atoms with Crippen LogP contribution in [0.3, 0.4) is 0 Å². The third-order valence-corrected chi connectivity index (χ3v) is 4.70.